The lowest BCUT2D eigenvalue weighted by atomic mass is 10.2. The second-order valence-corrected chi connectivity index (χ2v) is 4.83. The van der Waals surface area contributed by atoms with E-state index in [-0.39, 0.29) is 11.4 Å². The molecule has 3 aromatic rings. The van der Waals surface area contributed by atoms with Crippen molar-refractivity contribution >= 4 is 11.6 Å². The number of aryl methyl sites for hydroxylation is 1. The molecule has 8 heteroatoms. The minimum absolute atomic E-state index is 0.0173. The van der Waals surface area contributed by atoms with Crippen LogP contribution in [0.25, 0.3) is 5.69 Å². The predicted molar refractivity (Wildman–Crippen MR) is 81.1 cm³/mol. The molecular formula is C15H12FN5O2. The van der Waals surface area contributed by atoms with Crippen molar-refractivity contribution in [3.8, 4) is 5.69 Å². The zero-order valence-electron chi connectivity index (χ0n) is 12.1. The van der Waals surface area contributed by atoms with Crippen molar-refractivity contribution in [1.82, 2.24) is 20.0 Å². The molecule has 2 aromatic heterocycles. The largest absolute Gasteiger partial charge is 0.319 e. The van der Waals surface area contributed by atoms with Gasteiger partial charge < -0.3 is 5.32 Å². The van der Waals surface area contributed by atoms with Crippen LogP contribution >= 0.6 is 0 Å². The molecule has 0 aliphatic heterocycles. The van der Waals surface area contributed by atoms with E-state index < -0.39 is 17.3 Å². The fraction of sp³-hybridized carbons (Fsp3) is 0.0667. The van der Waals surface area contributed by atoms with Gasteiger partial charge in [0.15, 0.2) is 0 Å². The lowest BCUT2D eigenvalue weighted by Crippen LogP contribution is -2.18. The van der Waals surface area contributed by atoms with E-state index in [9.17, 15) is 14.0 Å². The van der Waals surface area contributed by atoms with Gasteiger partial charge in [0.2, 0.25) is 0 Å². The average Bonchev–Trinajstić information content (AvgIpc) is 2.92. The number of carbonyl (C=O) groups excluding carboxylic acids is 1. The summed E-state index contributed by atoms with van der Waals surface area (Å²) < 4.78 is 15.0. The molecule has 2 heterocycles. The van der Waals surface area contributed by atoms with Crippen LogP contribution in [0.5, 0.6) is 0 Å². The van der Waals surface area contributed by atoms with Gasteiger partial charge in [0.1, 0.15) is 11.5 Å². The third kappa shape index (κ3) is 2.86. The van der Waals surface area contributed by atoms with Gasteiger partial charge in [-0.3, -0.25) is 14.7 Å². The first-order chi connectivity index (χ1) is 11.1. The first-order valence-electron chi connectivity index (χ1n) is 6.72. The Morgan fingerprint density at radius 1 is 1.26 bits per heavy atom. The lowest BCUT2D eigenvalue weighted by molar-refractivity contribution is 0.101. The van der Waals surface area contributed by atoms with Crippen molar-refractivity contribution in [2.24, 2.45) is 0 Å². The van der Waals surface area contributed by atoms with Crippen molar-refractivity contribution in [2.45, 2.75) is 6.92 Å². The molecule has 7 nitrogen and oxygen atoms in total. The summed E-state index contributed by atoms with van der Waals surface area (Å²) in [6.45, 7) is 1.76. The second-order valence-electron chi connectivity index (χ2n) is 4.83. The first kappa shape index (κ1) is 14.6. The highest BCUT2D eigenvalue weighted by Gasteiger charge is 2.17. The predicted octanol–water partition coefficient (Wildman–Crippen LogP) is 1.66. The van der Waals surface area contributed by atoms with Gasteiger partial charge in [-0.15, -0.1) is 0 Å². The van der Waals surface area contributed by atoms with Gasteiger partial charge in [0, 0.05) is 6.07 Å². The van der Waals surface area contributed by atoms with Gasteiger partial charge in [0.25, 0.3) is 11.5 Å². The van der Waals surface area contributed by atoms with Crippen molar-refractivity contribution < 1.29 is 9.18 Å². The number of carbonyl (C=O) groups is 1. The van der Waals surface area contributed by atoms with Crippen molar-refractivity contribution in [3.63, 3.8) is 0 Å². The number of halogens is 1. The highest BCUT2D eigenvalue weighted by molar-refractivity contribution is 6.03. The fourth-order valence-corrected chi connectivity index (χ4v) is 2.08. The fourth-order valence-electron chi connectivity index (χ4n) is 2.08. The molecule has 0 aliphatic carbocycles. The van der Waals surface area contributed by atoms with Crippen LogP contribution in [0, 0.1) is 12.7 Å². The first-order valence-corrected chi connectivity index (χ1v) is 6.72. The maximum absolute atomic E-state index is 13.9. The Labute approximate surface area is 129 Å². The van der Waals surface area contributed by atoms with E-state index in [4.69, 9.17) is 0 Å². The molecule has 0 saturated carbocycles. The van der Waals surface area contributed by atoms with Crippen LogP contribution in [0.4, 0.5) is 10.1 Å². The molecule has 116 valence electrons. The molecule has 0 bridgehead atoms. The number of hydrogen-bond donors (Lipinski definition) is 2. The standard InChI is InChI=1S/C15H12FN5O2/c1-9-7-17-18-8-11(9)19-15(23)13-6-14(22)20-21(13)12-5-3-2-4-10(12)16/h2-8H,1H3,(H,20,22)(H,17,19,23). The molecule has 0 atom stereocenters. The van der Waals surface area contributed by atoms with Crippen molar-refractivity contribution in [1.29, 1.82) is 0 Å². The SMILES string of the molecule is Cc1cnncc1NC(=O)c1cc(=O)[nH]n1-c1ccccc1F. The zero-order valence-corrected chi connectivity index (χ0v) is 12.1. The van der Waals surface area contributed by atoms with Crippen LogP contribution in [-0.4, -0.2) is 25.9 Å². The number of H-pyrrole nitrogens is 1. The summed E-state index contributed by atoms with van der Waals surface area (Å²) in [4.78, 5) is 24.0. The third-order valence-electron chi connectivity index (χ3n) is 3.23. The van der Waals surface area contributed by atoms with Crippen LogP contribution in [0.15, 0.2) is 47.5 Å². The molecule has 2 N–H and O–H groups in total. The number of amides is 1. The van der Waals surface area contributed by atoms with Gasteiger partial charge >= 0.3 is 0 Å². The Morgan fingerprint density at radius 3 is 2.74 bits per heavy atom. The topological polar surface area (TPSA) is 92.7 Å². The molecule has 0 saturated heterocycles. The molecule has 3 rings (SSSR count). The number of aromatic amines is 1. The maximum atomic E-state index is 13.9. The molecule has 0 unspecified atom stereocenters. The zero-order chi connectivity index (χ0) is 16.4. The van der Waals surface area contributed by atoms with Crippen molar-refractivity contribution in [2.75, 3.05) is 5.32 Å². The van der Waals surface area contributed by atoms with E-state index >= 15 is 0 Å². The molecule has 23 heavy (non-hydrogen) atoms. The third-order valence-corrected chi connectivity index (χ3v) is 3.23. The van der Waals surface area contributed by atoms with E-state index in [1.807, 2.05) is 0 Å². The number of aromatic nitrogens is 4. The Hall–Kier alpha value is -3.29. The van der Waals surface area contributed by atoms with Gasteiger partial charge in [-0.2, -0.15) is 10.2 Å². The van der Waals surface area contributed by atoms with E-state index in [2.05, 4.69) is 20.6 Å². The summed E-state index contributed by atoms with van der Waals surface area (Å²) in [6.07, 6.45) is 2.89. The lowest BCUT2D eigenvalue weighted by Gasteiger charge is -2.10. The average molecular weight is 313 g/mol. The molecule has 0 spiro atoms. The molecule has 1 aromatic carbocycles. The summed E-state index contributed by atoms with van der Waals surface area (Å²) in [5, 5.41) is 12.4. The van der Waals surface area contributed by atoms with Gasteiger partial charge in [0.05, 0.1) is 23.8 Å². The second kappa shape index (κ2) is 5.84. The van der Waals surface area contributed by atoms with Crippen LogP contribution in [0.2, 0.25) is 0 Å². The molecule has 0 fully saturated rings. The van der Waals surface area contributed by atoms with Gasteiger partial charge in [-0.05, 0) is 24.6 Å². The minimum Gasteiger partial charge on any atom is -0.319 e. The van der Waals surface area contributed by atoms with Crippen LogP contribution in [0.1, 0.15) is 16.1 Å². The quantitative estimate of drug-likeness (QED) is 0.769. The highest BCUT2D eigenvalue weighted by Crippen LogP contribution is 2.16. The van der Waals surface area contributed by atoms with Gasteiger partial charge in [-0.25, -0.2) is 9.07 Å². The van der Waals surface area contributed by atoms with E-state index in [1.165, 1.54) is 30.6 Å². The molecule has 0 aliphatic rings. The summed E-state index contributed by atoms with van der Waals surface area (Å²) >= 11 is 0. The normalized spacial score (nSPS) is 10.5. The number of benzene rings is 1. The monoisotopic (exact) mass is 313 g/mol. The Kier molecular flexibility index (Phi) is 3.71. The van der Waals surface area contributed by atoms with Gasteiger partial charge in [-0.1, -0.05) is 12.1 Å². The Morgan fingerprint density at radius 2 is 2.00 bits per heavy atom. The summed E-state index contributed by atoms with van der Waals surface area (Å²) in [6, 6.07) is 6.93. The minimum atomic E-state index is -0.567. The number of anilines is 1. The molecule has 0 radical (unpaired) electrons. The summed E-state index contributed by atoms with van der Waals surface area (Å²) in [5.41, 5.74) is 0.714. The number of para-hydroxylation sites is 1. The number of nitrogens with one attached hydrogen (secondary N) is 2. The Bertz CT molecular complexity index is 931. The summed E-state index contributed by atoms with van der Waals surface area (Å²) in [5.74, 6) is -1.13. The summed E-state index contributed by atoms with van der Waals surface area (Å²) in [7, 11) is 0. The number of hydrogen-bond acceptors (Lipinski definition) is 4. The van der Waals surface area contributed by atoms with E-state index in [0.717, 1.165) is 10.7 Å². The maximum Gasteiger partial charge on any atom is 0.274 e. The van der Waals surface area contributed by atoms with Crippen LogP contribution < -0.4 is 10.9 Å². The molecular weight excluding hydrogens is 301 g/mol. The van der Waals surface area contributed by atoms with Crippen molar-refractivity contribution in [3.05, 3.63) is 70.2 Å². The molecule has 1 amide bonds. The van der Waals surface area contributed by atoms with E-state index in [1.54, 1.807) is 13.0 Å². The highest BCUT2D eigenvalue weighted by atomic mass is 19.1. The van der Waals surface area contributed by atoms with E-state index in [0.29, 0.717) is 11.3 Å². The van der Waals surface area contributed by atoms with Crippen LogP contribution in [0.3, 0.4) is 0 Å². The number of nitrogens with zero attached hydrogens (tertiary/aromatic N) is 3. The Balaban J connectivity index is 2.01. The smallest absolute Gasteiger partial charge is 0.274 e. The van der Waals surface area contributed by atoms with Crippen LogP contribution in [-0.2, 0) is 0 Å². The number of rotatable bonds is 3.